The lowest BCUT2D eigenvalue weighted by molar-refractivity contribution is -0.384. The number of benzene rings is 1. The summed E-state index contributed by atoms with van der Waals surface area (Å²) in [5.74, 6) is 0.314. The molecule has 0 fully saturated rings. The molecule has 6 nitrogen and oxygen atoms in total. The zero-order chi connectivity index (χ0) is 13.5. The van der Waals surface area contributed by atoms with Crippen molar-refractivity contribution in [2.24, 2.45) is 0 Å². The third-order valence-electron chi connectivity index (χ3n) is 2.81. The van der Waals surface area contributed by atoms with Gasteiger partial charge in [-0.1, -0.05) is 11.6 Å². The SMILES string of the molecule is CC1(C)Oc2cc([N+](=O)[O-])c(Cl)cc2NC1C=O. The molecular formula is C11H11ClN2O4. The second-order valence-electron chi connectivity index (χ2n) is 4.52. The van der Waals surface area contributed by atoms with Crippen LogP contribution >= 0.6 is 11.6 Å². The second kappa shape index (κ2) is 4.13. The molecule has 1 aromatic carbocycles. The fourth-order valence-electron chi connectivity index (χ4n) is 1.77. The minimum Gasteiger partial charge on any atom is -0.483 e. The van der Waals surface area contributed by atoms with Gasteiger partial charge in [-0.15, -0.1) is 0 Å². The Morgan fingerprint density at radius 1 is 1.56 bits per heavy atom. The number of carbonyl (C=O) groups is 1. The Bertz CT molecular complexity index is 530. The van der Waals surface area contributed by atoms with Crippen molar-refractivity contribution in [1.82, 2.24) is 0 Å². The molecule has 2 rings (SSSR count). The Labute approximate surface area is 108 Å². The summed E-state index contributed by atoms with van der Waals surface area (Å²) >= 11 is 5.79. The molecule has 96 valence electrons. The van der Waals surface area contributed by atoms with Gasteiger partial charge >= 0.3 is 0 Å². The topological polar surface area (TPSA) is 81.5 Å². The van der Waals surface area contributed by atoms with E-state index in [2.05, 4.69) is 5.32 Å². The maximum Gasteiger partial charge on any atom is 0.291 e. The molecule has 0 saturated heterocycles. The van der Waals surface area contributed by atoms with Crippen LogP contribution in [0.2, 0.25) is 5.02 Å². The average molecular weight is 271 g/mol. The first kappa shape index (κ1) is 12.6. The van der Waals surface area contributed by atoms with E-state index in [4.69, 9.17) is 16.3 Å². The van der Waals surface area contributed by atoms with Crippen molar-refractivity contribution in [3.05, 3.63) is 27.3 Å². The molecule has 0 amide bonds. The summed E-state index contributed by atoms with van der Waals surface area (Å²) in [6, 6.07) is 2.11. The first-order valence-electron chi connectivity index (χ1n) is 5.24. The predicted molar refractivity (Wildman–Crippen MR) is 66.3 cm³/mol. The van der Waals surface area contributed by atoms with E-state index in [1.807, 2.05) is 0 Å². The van der Waals surface area contributed by atoms with Gasteiger partial charge in [-0.05, 0) is 19.9 Å². The van der Waals surface area contributed by atoms with Gasteiger partial charge < -0.3 is 14.8 Å². The highest BCUT2D eigenvalue weighted by atomic mass is 35.5. The summed E-state index contributed by atoms with van der Waals surface area (Å²) in [5, 5.41) is 13.7. The molecule has 1 N–H and O–H groups in total. The largest absolute Gasteiger partial charge is 0.483 e. The van der Waals surface area contributed by atoms with Gasteiger partial charge in [-0.3, -0.25) is 10.1 Å². The van der Waals surface area contributed by atoms with Crippen LogP contribution in [0.3, 0.4) is 0 Å². The number of nitrogens with one attached hydrogen (secondary N) is 1. The zero-order valence-corrected chi connectivity index (χ0v) is 10.5. The van der Waals surface area contributed by atoms with E-state index in [1.165, 1.54) is 12.1 Å². The van der Waals surface area contributed by atoms with Gasteiger partial charge in [0, 0.05) is 0 Å². The van der Waals surface area contributed by atoms with Crippen molar-refractivity contribution in [3.63, 3.8) is 0 Å². The van der Waals surface area contributed by atoms with Crippen molar-refractivity contribution in [3.8, 4) is 5.75 Å². The zero-order valence-electron chi connectivity index (χ0n) is 9.77. The van der Waals surface area contributed by atoms with Crippen molar-refractivity contribution in [2.45, 2.75) is 25.5 Å². The highest BCUT2D eigenvalue weighted by Gasteiger charge is 2.37. The van der Waals surface area contributed by atoms with E-state index in [0.717, 1.165) is 6.29 Å². The number of carbonyl (C=O) groups excluding carboxylic acids is 1. The molecule has 18 heavy (non-hydrogen) atoms. The lowest BCUT2D eigenvalue weighted by atomic mass is 9.97. The summed E-state index contributed by atoms with van der Waals surface area (Å²) in [7, 11) is 0. The number of hydrogen-bond donors (Lipinski definition) is 1. The Balaban J connectivity index is 2.50. The number of hydrogen-bond acceptors (Lipinski definition) is 5. The van der Waals surface area contributed by atoms with Gasteiger partial charge in [0.2, 0.25) is 0 Å². The summed E-state index contributed by atoms with van der Waals surface area (Å²) in [4.78, 5) is 21.2. The highest BCUT2D eigenvalue weighted by Crippen LogP contribution is 2.41. The number of fused-ring (bicyclic) bond motifs is 1. The van der Waals surface area contributed by atoms with Gasteiger partial charge in [0.1, 0.15) is 28.7 Å². The van der Waals surface area contributed by atoms with E-state index in [0.29, 0.717) is 11.4 Å². The van der Waals surface area contributed by atoms with Gasteiger partial charge in [0.25, 0.3) is 5.69 Å². The first-order chi connectivity index (χ1) is 8.35. The predicted octanol–water partition coefficient (Wildman–Crippen LogP) is 2.40. The van der Waals surface area contributed by atoms with E-state index in [-0.39, 0.29) is 10.7 Å². The van der Waals surface area contributed by atoms with Gasteiger partial charge in [-0.2, -0.15) is 0 Å². The molecule has 1 aliphatic rings. The summed E-state index contributed by atoms with van der Waals surface area (Å²) in [6.45, 7) is 3.45. The minimum absolute atomic E-state index is 0.000736. The molecule has 0 aliphatic carbocycles. The minimum atomic E-state index is -0.781. The molecule has 0 spiro atoms. The van der Waals surface area contributed by atoms with Crippen LogP contribution < -0.4 is 10.1 Å². The molecule has 1 aromatic rings. The third kappa shape index (κ3) is 1.99. The van der Waals surface area contributed by atoms with E-state index >= 15 is 0 Å². The van der Waals surface area contributed by atoms with Crippen LogP contribution in [0.15, 0.2) is 12.1 Å². The average Bonchev–Trinajstić information content (AvgIpc) is 2.27. The standard InChI is InChI=1S/C11H11ClN2O4/c1-11(2)10(5-15)13-7-3-6(12)8(14(16)17)4-9(7)18-11/h3-5,10,13H,1-2H3. The monoisotopic (exact) mass is 270 g/mol. The number of nitrogens with zero attached hydrogens (tertiary/aromatic N) is 1. The smallest absolute Gasteiger partial charge is 0.291 e. The molecule has 0 aromatic heterocycles. The Hall–Kier alpha value is -1.82. The van der Waals surface area contributed by atoms with Crippen molar-refractivity contribution < 1.29 is 14.5 Å². The van der Waals surface area contributed by atoms with Gasteiger partial charge in [-0.25, -0.2) is 0 Å². The number of rotatable bonds is 2. The quantitative estimate of drug-likeness (QED) is 0.507. The van der Waals surface area contributed by atoms with Crippen LogP contribution in [0.25, 0.3) is 0 Å². The molecule has 1 aliphatic heterocycles. The van der Waals surface area contributed by atoms with E-state index < -0.39 is 16.6 Å². The molecule has 0 bridgehead atoms. The summed E-state index contributed by atoms with van der Waals surface area (Å²) < 4.78 is 5.61. The molecule has 1 atom stereocenters. The number of anilines is 1. The van der Waals surface area contributed by atoms with Gasteiger partial charge in [0.05, 0.1) is 16.7 Å². The fourth-order valence-corrected chi connectivity index (χ4v) is 2.00. The molecule has 0 saturated carbocycles. The van der Waals surface area contributed by atoms with E-state index in [9.17, 15) is 14.9 Å². The van der Waals surface area contributed by atoms with Crippen LogP contribution in [-0.4, -0.2) is 22.9 Å². The normalized spacial score (nSPS) is 20.3. The number of halogens is 1. The molecule has 0 radical (unpaired) electrons. The Morgan fingerprint density at radius 2 is 2.22 bits per heavy atom. The Kier molecular flexibility index (Phi) is 2.90. The maximum atomic E-state index is 11.0. The molecule has 1 heterocycles. The number of nitro benzene ring substituents is 1. The van der Waals surface area contributed by atoms with Crippen LogP contribution in [0.1, 0.15) is 13.8 Å². The Morgan fingerprint density at radius 3 is 2.78 bits per heavy atom. The lowest BCUT2D eigenvalue weighted by Gasteiger charge is -2.38. The van der Waals surface area contributed by atoms with Gasteiger partial charge in [0.15, 0.2) is 0 Å². The molecule has 7 heteroatoms. The lowest BCUT2D eigenvalue weighted by Crippen LogP contribution is -2.50. The highest BCUT2D eigenvalue weighted by molar-refractivity contribution is 6.33. The van der Waals surface area contributed by atoms with Crippen molar-refractivity contribution >= 4 is 29.3 Å². The number of ether oxygens (including phenoxy) is 1. The van der Waals surface area contributed by atoms with Crippen LogP contribution in [0, 0.1) is 10.1 Å². The third-order valence-corrected chi connectivity index (χ3v) is 3.12. The fraction of sp³-hybridized carbons (Fsp3) is 0.364. The molecular weight excluding hydrogens is 260 g/mol. The number of aldehydes is 1. The number of nitro groups is 1. The van der Waals surface area contributed by atoms with E-state index in [1.54, 1.807) is 13.8 Å². The maximum absolute atomic E-state index is 11.0. The summed E-state index contributed by atoms with van der Waals surface area (Å²) in [6.07, 6.45) is 0.734. The van der Waals surface area contributed by atoms with Crippen LogP contribution in [-0.2, 0) is 4.79 Å². The van der Waals surface area contributed by atoms with Crippen molar-refractivity contribution in [2.75, 3.05) is 5.32 Å². The molecule has 1 unspecified atom stereocenters. The van der Waals surface area contributed by atoms with Crippen molar-refractivity contribution in [1.29, 1.82) is 0 Å². The summed E-state index contributed by atoms with van der Waals surface area (Å²) in [5.41, 5.74) is -0.532. The second-order valence-corrected chi connectivity index (χ2v) is 4.93. The van der Waals surface area contributed by atoms with Crippen LogP contribution in [0.4, 0.5) is 11.4 Å². The first-order valence-corrected chi connectivity index (χ1v) is 5.62. The van der Waals surface area contributed by atoms with Crippen LogP contribution in [0.5, 0.6) is 5.75 Å².